The first-order valence-electron chi connectivity index (χ1n) is 8.00. The molecule has 5 heteroatoms. The van der Waals surface area contributed by atoms with E-state index in [1.54, 1.807) is 0 Å². The smallest absolute Gasteiger partial charge is 0.233 e. The number of rotatable bonds is 6. The maximum absolute atomic E-state index is 12.7. The molecule has 0 saturated heterocycles. The van der Waals surface area contributed by atoms with E-state index in [2.05, 4.69) is 24.3 Å². The Labute approximate surface area is 148 Å². The predicted octanol–water partition coefficient (Wildman–Crippen LogP) is 4.18. The Morgan fingerprint density at radius 1 is 1.39 bits per heavy atom. The lowest BCUT2D eigenvalue weighted by molar-refractivity contribution is -0.130. The number of amides is 1. The van der Waals surface area contributed by atoms with Crippen LogP contribution in [0.4, 0.5) is 0 Å². The molecule has 0 N–H and O–H groups in total. The van der Waals surface area contributed by atoms with Crippen LogP contribution < -0.4 is 0 Å². The molecule has 1 aliphatic carbocycles. The van der Waals surface area contributed by atoms with Crippen molar-refractivity contribution in [3.63, 3.8) is 0 Å². The maximum atomic E-state index is 12.7. The number of allylic oxidation sites excluding steroid dienone is 1. The molecule has 1 atom stereocenters. The lowest BCUT2D eigenvalue weighted by Gasteiger charge is -2.31. The monoisotopic (exact) mass is 349 g/mol. The Balaban J connectivity index is 2.03. The molecule has 0 heterocycles. The molecular formula is C18H23NO2S2. The van der Waals surface area contributed by atoms with Crippen molar-refractivity contribution in [3.8, 4) is 0 Å². The average Bonchev–Trinajstić information content (AvgIpc) is 2.59. The predicted molar refractivity (Wildman–Crippen MR) is 100 cm³/mol. The van der Waals surface area contributed by atoms with Gasteiger partial charge in [-0.3, -0.25) is 4.79 Å². The topological polar surface area (TPSA) is 29.5 Å². The summed E-state index contributed by atoms with van der Waals surface area (Å²) < 4.78 is 5.69. The average molecular weight is 350 g/mol. The molecule has 0 aromatic heterocycles. The lowest BCUT2D eigenvalue weighted by atomic mass is 10.0. The van der Waals surface area contributed by atoms with E-state index in [1.807, 2.05) is 30.0 Å². The van der Waals surface area contributed by atoms with Crippen LogP contribution in [0.3, 0.4) is 0 Å². The zero-order valence-corrected chi connectivity index (χ0v) is 15.1. The summed E-state index contributed by atoms with van der Waals surface area (Å²) in [7, 11) is 0. The molecule has 2 rings (SSSR count). The van der Waals surface area contributed by atoms with Gasteiger partial charge in [-0.25, -0.2) is 0 Å². The van der Waals surface area contributed by atoms with Gasteiger partial charge in [0.05, 0.1) is 18.4 Å². The largest absolute Gasteiger partial charge is 0.479 e. The van der Waals surface area contributed by atoms with Crippen molar-refractivity contribution < 1.29 is 9.53 Å². The third-order valence-corrected chi connectivity index (χ3v) is 4.94. The van der Waals surface area contributed by atoms with Crippen molar-refractivity contribution in [2.24, 2.45) is 0 Å². The number of nitrogens with zero attached hydrogens (tertiary/aromatic N) is 1. The molecule has 0 saturated carbocycles. The van der Waals surface area contributed by atoms with Crippen LogP contribution in [0.5, 0.6) is 0 Å². The first-order valence-corrected chi connectivity index (χ1v) is 9.39. The van der Waals surface area contributed by atoms with Crippen LogP contribution >= 0.6 is 24.0 Å². The first kappa shape index (κ1) is 18.0. The second-order valence-corrected chi connectivity index (χ2v) is 6.98. The van der Waals surface area contributed by atoms with Gasteiger partial charge < -0.3 is 9.64 Å². The molecule has 0 aliphatic heterocycles. The Hall–Kier alpha value is -1.33. The summed E-state index contributed by atoms with van der Waals surface area (Å²) in [6.45, 7) is 3.07. The van der Waals surface area contributed by atoms with Crippen LogP contribution in [0.1, 0.15) is 31.7 Å². The molecule has 3 nitrogen and oxygen atoms in total. The Morgan fingerprint density at radius 3 is 2.83 bits per heavy atom. The summed E-state index contributed by atoms with van der Waals surface area (Å²) in [5.74, 6) is 0.438. The highest BCUT2D eigenvalue weighted by atomic mass is 32.2. The van der Waals surface area contributed by atoms with E-state index >= 15 is 0 Å². The standard InChI is InChI=1S/C18H23NO2S2/c1-2-21-18(22)23-14-17(20)19(16-11-7-4-8-12-16)13-15-9-5-3-6-10-15/h3,5-7,9-11,16H,2,4,8,12-14H2,1H3. The third kappa shape index (κ3) is 5.99. The van der Waals surface area contributed by atoms with E-state index in [9.17, 15) is 4.79 Å². The fraction of sp³-hybridized carbons (Fsp3) is 0.444. The van der Waals surface area contributed by atoms with Gasteiger partial charge in [-0.05, 0) is 44.0 Å². The van der Waals surface area contributed by atoms with Gasteiger partial charge in [0.2, 0.25) is 10.3 Å². The van der Waals surface area contributed by atoms with Crippen molar-refractivity contribution >= 4 is 34.3 Å². The summed E-state index contributed by atoms with van der Waals surface area (Å²) in [6.07, 6.45) is 7.60. The van der Waals surface area contributed by atoms with Gasteiger partial charge in [0.15, 0.2) is 0 Å². The summed E-state index contributed by atoms with van der Waals surface area (Å²) >= 11 is 6.41. The Kier molecular flexibility index (Phi) is 7.62. The zero-order chi connectivity index (χ0) is 16.5. The number of thiocarbonyl (C=S) groups is 1. The molecule has 23 heavy (non-hydrogen) atoms. The lowest BCUT2D eigenvalue weighted by Crippen LogP contribution is -2.40. The molecule has 0 fully saturated rings. The molecule has 1 aliphatic rings. The SMILES string of the molecule is CCOC(=S)SCC(=O)N(Cc1ccccc1)C1C=CCCC1. The number of hydrogen-bond acceptors (Lipinski definition) is 4. The van der Waals surface area contributed by atoms with Crippen LogP contribution in [0.15, 0.2) is 42.5 Å². The van der Waals surface area contributed by atoms with E-state index in [0.717, 1.165) is 24.8 Å². The second-order valence-electron chi connectivity index (χ2n) is 5.41. The Morgan fingerprint density at radius 2 is 2.17 bits per heavy atom. The van der Waals surface area contributed by atoms with Crippen LogP contribution in [-0.4, -0.2) is 33.6 Å². The van der Waals surface area contributed by atoms with Crippen LogP contribution in [-0.2, 0) is 16.1 Å². The van der Waals surface area contributed by atoms with E-state index in [4.69, 9.17) is 17.0 Å². The maximum Gasteiger partial charge on any atom is 0.233 e. The van der Waals surface area contributed by atoms with Crippen LogP contribution in [0.25, 0.3) is 0 Å². The van der Waals surface area contributed by atoms with Gasteiger partial charge in [-0.1, -0.05) is 54.2 Å². The number of carbonyl (C=O) groups excluding carboxylic acids is 1. The fourth-order valence-corrected chi connectivity index (χ4v) is 3.49. The highest BCUT2D eigenvalue weighted by molar-refractivity contribution is 8.23. The highest BCUT2D eigenvalue weighted by Crippen LogP contribution is 2.20. The van der Waals surface area contributed by atoms with Crippen molar-refractivity contribution in [1.29, 1.82) is 0 Å². The molecule has 1 unspecified atom stereocenters. The van der Waals surface area contributed by atoms with Gasteiger partial charge in [-0.2, -0.15) is 0 Å². The van der Waals surface area contributed by atoms with Crippen molar-refractivity contribution in [2.75, 3.05) is 12.4 Å². The summed E-state index contributed by atoms with van der Waals surface area (Å²) in [6, 6.07) is 10.3. The van der Waals surface area contributed by atoms with Gasteiger partial charge in [-0.15, -0.1) is 0 Å². The first-order chi connectivity index (χ1) is 11.2. The minimum Gasteiger partial charge on any atom is -0.479 e. The summed E-state index contributed by atoms with van der Waals surface area (Å²) in [5, 5.41) is 0. The third-order valence-electron chi connectivity index (χ3n) is 3.72. The number of thioether (sulfide) groups is 1. The van der Waals surface area contributed by atoms with Crippen molar-refractivity contribution in [2.45, 2.75) is 38.8 Å². The minimum absolute atomic E-state index is 0.109. The number of ether oxygens (including phenoxy) is 1. The van der Waals surface area contributed by atoms with Gasteiger partial charge >= 0.3 is 0 Å². The number of benzene rings is 1. The fourth-order valence-electron chi connectivity index (χ4n) is 2.59. The van der Waals surface area contributed by atoms with E-state index < -0.39 is 0 Å². The van der Waals surface area contributed by atoms with Crippen molar-refractivity contribution in [3.05, 3.63) is 48.0 Å². The molecule has 0 bridgehead atoms. The van der Waals surface area contributed by atoms with E-state index in [1.165, 1.54) is 11.8 Å². The minimum atomic E-state index is 0.109. The van der Waals surface area contributed by atoms with Gasteiger partial charge in [0.1, 0.15) is 0 Å². The van der Waals surface area contributed by atoms with Crippen molar-refractivity contribution in [1.82, 2.24) is 4.90 Å². The van der Waals surface area contributed by atoms with Gasteiger partial charge in [0, 0.05) is 6.54 Å². The molecular weight excluding hydrogens is 326 g/mol. The quantitative estimate of drug-likeness (QED) is 0.569. The molecule has 0 radical (unpaired) electrons. The molecule has 0 spiro atoms. The highest BCUT2D eigenvalue weighted by Gasteiger charge is 2.23. The molecule has 1 aromatic carbocycles. The molecule has 1 amide bonds. The normalized spacial score (nSPS) is 16.8. The molecule has 124 valence electrons. The van der Waals surface area contributed by atoms with Crippen LogP contribution in [0, 0.1) is 0 Å². The number of carbonyl (C=O) groups is 1. The van der Waals surface area contributed by atoms with E-state index in [0.29, 0.717) is 23.3 Å². The Bertz CT molecular complexity index is 545. The van der Waals surface area contributed by atoms with Crippen LogP contribution in [0.2, 0.25) is 0 Å². The zero-order valence-electron chi connectivity index (χ0n) is 13.4. The van der Waals surface area contributed by atoms with E-state index in [-0.39, 0.29) is 11.9 Å². The molecule has 1 aromatic rings. The number of hydrogen-bond donors (Lipinski definition) is 0. The second kappa shape index (κ2) is 9.73. The van der Waals surface area contributed by atoms with Gasteiger partial charge in [0.25, 0.3) is 0 Å². The summed E-state index contributed by atoms with van der Waals surface area (Å²) in [4.78, 5) is 14.7. The summed E-state index contributed by atoms with van der Waals surface area (Å²) in [5.41, 5.74) is 1.15.